The van der Waals surface area contributed by atoms with Crippen LogP contribution in [0.25, 0.3) is 22.9 Å². The smallest absolute Gasteiger partial charge is 0.256 e. The number of aromatic nitrogens is 4. The first-order valence-corrected chi connectivity index (χ1v) is 13.1. The summed E-state index contributed by atoms with van der Waals surface area (Å²) in [6.07, 6.45) is 10.2. The summed E-state index contributed by atoms with van der Waals surface area (Å²) in [5, 5.41) is 2.79. The van der Waals surface area contributed by atoms with E-state index in [9.17, 15) is 9.59 Å². The molecule has 1 fully saturated rings. The van der Waals surface area contributed by atoms with Crippen LogP contribution in [0.4, 0.5) is 11.6 Å². The number of nitrogen functional groups attached to an aromatic ring is 1. The molecular formula is C31H27N7O2. The number of carbonyl (C=O) groups excluding carboxylic acids is 2. The van der Waals surface area contributed by atoms with E-state index in [2.05, 4.69) is 15.3 Å². The van der Waals surface area contributed by atoms with Crippen molar-refractivity contribution in [3.63, 3.8) is 0 Å². The van der Waals surface area contributed by atoms with Gasteiger partial charge in [-0.15, -0.1) is 0 Å². The molecule has 6 rings (SSSR count). The zero-order chi connectivity index (χ0) is 27.5. The van der Waals surface area contributed by atoms with Gasteiger partial charge in [0.2, 0.25) is 5.91 Å². The van der Waals surface area contributed by atoms with E-state index in [1.54, 1.807) is 42.7 Å². The van der Waals surface area contributed by atoms with Crippen LogP contribution in [0, 0.1) is 0 Å². The van der Waals surface area contributed by atoms with Crippen molar-refractivity contribution in [2.24, 2.45) is 0 Å². The van der Waals surface area contributed by atoms with E-state index < -0.39 is 0 Å². The lowest BCUT2D eigenvalue weighted by Gasteiger charge is -2.22. The Kier molecular flexibility index (Phi) is 6.76. The third-order valence-corrected chi connectivity index (χ3v) is 6.99. The monoisotopic (exact) mass is 529 g/mol. The lowest BCUT2D eigenvalue weighted by Crippen LogP contribution is -2.30. The molecule has 3 aromatic heterocycles. The Morgan fingerprint density at radius 2 is 1.75 bits per heavy atom. The summed E-state index contributed by atoms with van der Waals surface area (Å²) < 4.78 is 1.93. The number of fused-ring (bicyclic) bond motifs is 1. The number of benzene rings is 2. The highest BCUT2D eigenvalue weighted by Crippen LogP contribution is 2.36. The van der Waals surface area contributed by atoms with Crippen molar-refractivity contribution in [3.05, 3.63) is 114 Å². The standard InChI is InChI=1S/C31H27N7O2/c32-29-28-27(22-12-14-23(15-13-22)31(40)35-25-10-4-5-17-33-25)36-30(38(28)20-18-34-29)24-9-6-19-37(24)26(39)16-11-21-7-2-1-3-8-21/h1-5,7-8,10-18,20,24H,6,9,19H2,(H2,32,34)(H,33,35,40)/b16-11+. The lowest BCUT2D eigenvalue weighted by molar-refractivity contribution is -0.127. The molecule has 0 saturated carbocycles. The van der Waals surface area contributed by atoms with E-state index in [4.69, 9.17) is 10.7 Å². The van der Waals surface area contributed by atoms with E-state index in [1.807, 2.05) is 70.1 Å². The number of hydrogen-bond donors (Lipinski definition) is 2. The Labute approximate surface area is 231 Å². The van der Waals surface area contributed by atoms with Crippen molar-refractivity contribution in [1.29, 1.82) is 0 Å². The summed E-state index contributed by atoms with van der Waals surface area (Å²) in [5.41, 5.74) is 9.91. The zero-order valence-corrected chi connectivity index (χ0v) is 21.6. The number of carbonyl (C=O) groups is 2. The van der Waals surface area contributed by atoms with Gasteiger partial charge in [-0.05, 0) is 48.7 Å². The molecular weight excluding hydrogens is 502 g/mol. The van der Waals surface area contributed by atoms with Gasteiger partial charge < -0.3 is 16.0 Å². The first-order valence-electron chi connectivity index (χ1n) is 13.1. The molecule has 1 atom stereocenters. The summed E-state index contributed by atoms with van der Waals surface area (Å²) >= 11 is 0. The quantitative estimate of drug-likeness (QED) is 0.299. The highest BCUT2D eigenvalue weighted by molar-refractivity contribution is 6.04. The molecule has 0 radical (unpaired) electrons. The van der Waals surface area contributed by atoms with E-state index in [0.717, 1.165) is 29.8 Å². The maximum absolute atomic E-state index is 13.2. The summed E-state index contributed by atoms with van der Waals surface area (Å²) in [7, 11) is 0. The molecule has 1 unspecified atom stereocenters. The number of hydrogen-bond acceptors (Lipinski definition) is 6. The van der Waals surface area contributed by atoms with Crippen LogP contribution in [0.5, 0.6) is 0 Å². The normalized spacial score (nSPS) is 15.1. The van der Waals surface area contributed by atoms with Gasteiger partial charge in [0.1, 0.15) is 28.7 Å². The average molecular weight is 530 g/mol. The van der Waals surface area contributed by atoms with E-state index >= 15 is 0 Å². The molecule has 4 heterocycles. The number of likely N-dealkylation sites (tertiary alicyclic amines) is 1. The van der Waals surface area contributed by atoms with Gasteiger partial charge in [0, 0.05) is 42.3 Å². The molecule has 1 aliphatic rings. The molecule has 2 amide bonds. The van der Waals surface area contributed by atoms with Gasteiger partial charge in [-0.1, -0.05) is 48.5 Å². The second kappa shape index (κ2) is 10.8. The van der Waals surface area contributed by atoms with Crippen LogP contribution < -0.4 is 11.1 Å². The van der Waals surface area contributed by atoms with E-state index in [0.29, 0.717) is 35.0 Å². The number of pyridine rings is 1. The first-order chi connectivity index (χ1) is 19.6. The number of nitrogens with zero attached hydrogens (tertiary/aromatic N) is 5. The van der Waals surface area contributed by atoms with Crippen LogP contribution in [0.1, 0.15) is 40.6 Å². The van der Waals surface area contributed by atoms with Gasteiger partial charge in [0.15, 0.2) is 0 Å². The minimum atomic E-state index is -0.259. The molecule has 0 aliphatic carbocycles. The highest BCUT2D eigenvalue weighted by atomic mass is 16.2. The Balaban J connectivity index is 1.30. The molecule has 9 nitrogen and oxygen atoms in total. The van der Waals surface area contributed by atoms with Crippen molar-refractivity contribution >= 4 is 35.0 Å². The number of imidazole rings is 1. The van der Waals surface area contributed by atoms with Gasteiger partial charge >= 0.3 is 0 Å². The fourth-order valence-electron chi connectivity index (χ4n) is 5.05. The van der Waals surface area contributed by atoms with Gasteiger partial charge in [0.25, 0.3) is 5.91 Å². The molecule has 1 aliphatic heterocycles. The van der Waals surface area contributed by atoms with Crippen LogP contribution in [-0.4, -0.2) is 42.6 Å². The molecule has 3 N–H and O–H groups in total. The van der Waals surface area contributed by atoms with Gasteiger partial charge in [-0.25, -0.2) is 15.0 Å². The van der Waals surface area contributed by atoms with Crippen molar-refractivity contribution in [1.82, 2.24) is 24.3 Å². The molecule has 2 aromatic carbocycles. The third-order valence-electron chi connectivity index (χ3n) is 6.99. The second-order valence-corrected chi connectivity index (χ2v) is 9.53. The van der Waals surface area contributed by atoms with Crippen molar-refractivity contribution in [2.75, 3.05) is 17.6 Å². The Morgan fingerprint density at radius 1 is 0.950 bits per heavy atom. The Bertz CT molecular complexity index is 1700. The highest BCUT2D eigenvalue weighted by Gasteiger charge is 2.33. The summed E-state index contributed by atoms with van der Waals surface area (Å²) in [4.78, 5) is 41.3. The fraction of sp³-hybridized carbons (Fsp3) is 0.129. The second-order valence-electron chi connectivity index (χ2n) is 9.53. The van der Waals surface area contributed by atoms with Crippen molar-refractivity contribution in [2.45, 2.75) is 18.9 Å². The van der Waals surface area contributed by atoms with E-state index in [1.165, 1.54) is 0 Å². The summed E-state index contributed by atoms with van der Waals surface area (Å²) in [5.74, 6) is 1.23. The summed E-state index contributed by atoms with van der Waals surface area (Å²) in [6, 6.07) is 22.0. The third kappa shape index (κ3) is 4.92. The molecule has 0 spiro atoms. The van der Waals surface area contributed by atoms with Gasteiger partial charge in [0.05, 0.1) is 6.04 Å². The molecule has 1 saturated heterocycles. The molecule has 198 valence electrons. The van der Waals surface area contributed by atoms with Gasteiger partial charge in [-0.3, -0.25) is 14.0 Å². The number of amides is 2. The largest absolute Gasteiger partial charge is 0.382 e. The predicted octanol–water partition coefficient (Wildman–Crippen LogP) is 5.00. The molecule has 40 heavy (non-hydrogen) atoms. The number of rotatable bonds is 6. The zero-order valence-electron chi connectivity index (χ0n) is 21.6. The SMILES string of the molecule is Nc1nccn2c(C3CCCN3C(=O)/C=C/c3ccccc3)nc(-c3ccc(C(=O)Nc4ccccn4)cc3)c12. The van der Waals surface area contributed by atoms with Crippen LogP contribution in [0.3, 0.4) is 0 Å². The minimum absolute atomic E-state index is 0.0602. The van der Waals surface area contributed by atoms with E-state index in [-0.39, 0.29) is 17.9 Å². The molecule has 5 aromatic rings. The Morgan fingerprint density at radius 3 is 2.52 bits per heavy atom. The van der Waals surface area contributed by atoms with Crippen LogP contribution >= 0.6 is 0 Å². The fourth-order valence-corrected chi connectivity index (χ4v) is 5.05. The van der Waals surface area contributed by atoms with Crippen LogP contribution in [-0.2, 0) is 4.79 Å². The minimum Gasteiger partial charge on any atom is -0.382 e. The Hall–Kier alpha value is -5.31. The maximum atomic E-state index is 13.2. The lowest BCUT2D eigenvalue weighted by atomic mass is 10.1. The summed E-state index contributed by atoms with van der Waals surface area (Å²) in [6.45, 7) is 0.646. The van der Waals surface area contributed by atoms with Crippen molar-refractivity contribution in [3.8, 4) is 11.3 Å². The molecule has 0 bridgehead atoms. The topological polar surface area (TPSA) is 119 Å². The first kappa shape index (κ1) is 25.0. The number of nitrogens with two attached hydrogens (primary N) is 1. The van der Waals surface area contributed by atoms with Crippen LogP contribution in [0.15, 0.2) is 97.5 Å². The predicted molar refractivity (Wildman–Crippen MR) is 154 cm³/mol. The maximum Gasteiger partial charge on any atom is 0.256 e. The average Bonchev–Trinajstić information content (AvgIpc) is 3.63. The molecule has 9 heteroatoms. The number of anilines is 2. The van der Waals surface area contributed by atoms with Crippen molar-refractivity contribution < 1.29 is 9.59 Å². The number of nitrogens with one attached hydrogen (secondary N) is 1. The van der Waals surface area contributed by atoms with Crippen LogP contribution in [0.2, 0.25) is 0 Å². The van der Waals surface area contributed by atoms with Gasteiger partial charge in [-0.2, -0.15) is 0 Å².